The van der Waals surface area contributed by atoms with Crippen molar-refractivity contribution in [1.29, 1.82) is 0 Å². The number of carbonyl (C=O) groups excluding carboxylic acids is 1. The molecule has 8 heteroatoms. The van der Waals surface area contributed by atoms with Gasteiger partial charge in [-0.25, -0.2) is 4.39 Å². The van der Waals surface area contributed by atoms with Crippen LogP contribution < -0.4 is 10.6 Å². The number of carbonyl (C=O) groups is 1. The Labute approximate surface area is 198 Å². The van der Waals surface area contributed by atoms with Gasteiger partial charge in [-0.3, -0.25) is 9.78 Å². The summed E-state index contributed by atoms with van der Waals surface area (Å²) in [6.07, 6.45) is 6.23. The van der Waals surface area contributed by atoms with Crippen LogP contribution in [-0.2, 0) is 10.3 Å². The van der Waals surface area contributed by atoms with Crippen molar-refractivity contribution in [1.82, 2.24) is 19.8 Å². The predicted octanol–water partition coefficient (Wildman–Crippen LogP) is 4.78. The fraction of sp³-hybridized carbons (Fsp3) is 0.320. The van der Waals surface area contributed by atoms with E-state index in [0.717, 1.165) is 11.3 Å². The highest BCUT2D eigenvalue weighted by molar-refractivity contribution is 7.80. The predicted molar refractivity (Wildman–Crippen MR) is 131 cm³/mol. The van der Waals surface area contributed by atoms with Crippen LogP contribution in [0, 0.1) is 5.82 Å². The number of hydrogen-bond donors (Lipinski definition) is 2. The first kappa shape index (κ1) is 22.9. The third-order valence-electron chi connectivity index (χ3n) is 5.74. The van der Waals surface area contributed by atoms with Crippen molar-refractivity contribution >= 4 is 28.9 Å². The minimum Gasteiger partial charge on any atom is -0.352 e. The molecule has 2 aromatic heterocycles. The highest BCUT2D eigenvalue weighted by atomic mass is 32.1. The van der Waals surface area contributed by atoms with Gasteiger partial charge in [-0.05, 0) is 81.0 Å². The van der Waals surface area contributed by atoms with E-state index in [-0.39, 0.29) is 35.8 Å². The van der Waals surface area contributed by atoms with E-state index < -0.39 is 0 Å². The zero-order valence-corrected chi connectivity index (χ0v) is 19.8. The van der Waals surface area contributed by atoms with Gasteiger partial charge in [-0.1, -0.05) is 6.07 Å². The average molecular weight is 466 g/mol. The topological polar surface area (TPSA) is 62.2 Å². The molecule has 4 rings (SSSR count). The van der Waals surface area contributed by atoms with Crippen LogP contribution in [0.1, 0.15) is 50.5 Å². The summed E-state index contributed by atoms with van der Waals surface area (Å²) in [7, 11) is 0. The number of hydrogen-bond acceptors (Lipinski definition) is 3. The van der Waals surface area contributed by atoms with Gasteiger partial charge in [0.05, 0.1) is 17.8 Å². The van der Waals surface area contributed by atoms with Crippen molar-refractivity contribution in [3.05, 3.63) is 84.2 Å². The van der Waals surface area contributed by atoms with Crippen LogP contribution in [0.25, 0.3) is 0 Å². The second-order valence-corrected chi connectivity index (χ2v) is 9.53. The van der Waals surface area contributed by atoms with E-state index in [1.807, 2.05) is 18.2 Å². The monoisotopic (exact) mass is 465 g/mol. The van der Waals surface area contributed by atoms with Gasteiger partial charge >= 0.3 is 0 Å². The molecule has 1 aromatic carbocycles. The quantitative estimate of drug-likeness (QED) is 0.513. The highest BCUT2D eigenvalue weighted by Crippen LogP contribution is 2.39. The number of thiocarbonyl (C=S) groups is 1. The molecular formula is C25H28FN5OS. The molecule has 1 aliphatic heterocycles. The van der Waals surface area contributed by atoms with Crippen molar-refractivity contribution < 1.29 is 9.18 Å². The Morgan fingerprint density at radius 1 is 1.18 bits per heavy atom. The first-order chi connectivity index (χ1) is 15.7. The Morgan fingerprint density at radius 2 is 1.94 bits per heavy atom. The summed E-state index contributed by atoms with van der Waals surface area (Å²) in [5.74, 6) is -0.496. The Hall–Kier alpha value is -3.26. The van der Waals surface area contributed by atoms with Gasteiger partial charge in [0.1, 0.15) is 5.82 Å². The number of nitrogens with one attached hydrogen (secondary N) is 2. The van der Waals surface area contributed by atoms with Gasteiger partial charge in [0.25, 0.3) is 0 Å². The molecule has 6 nitrogen and oxygen atoms in total. The minimum absolute atomic E-state index is 0.0504. The number of halogens is 1. The molecule has 0 bridgehead atoms. The lowest BCUT2D eigenvalue weighted by molar-refractivity contribution is -0.116. The number of amides is 1. The molecule has 0 saturated carbocycles. The zero-order chi connectivity index (χ0) is 23.6. The summed E-state index contributed by atoms with van der Waals surface area (Å²) in [4.78, 5) is 19.2. The summed E-state index contributed by atoms with van der Waals surface area (Å²) in [6, 6.07) is 13.4. The van der Waals surface area contributed by atoms with Crippen molar-refractivity contribution in [2.45, 2.75) is 44.8 Å². The van der Waals surface area contributed by atoms with Crippen molar-refractivity contribution in [2.75, 3.05) is 11.9 Å². The maximum absolute atomic E-state index is 13.1. The molecule has 2 N–H and O–H groups in total. The van der Waals surface area contributed by atoms with E-state index in [4.69, 9.17) is 12.2 Å². The molecule has 2 atom stereocenters. The Kier molecular flexibility index (Phi) is 6.47. The van der Waals surface area contributed by atoms with Gasteiger partial charge in [0.15, 0.2) is 5.11 Å². The lowest BCUT2D eigenvalue weighted by Crippen LogP contribution is -2.32. The van der Waals surface area contributed by atoms with Gasteiger partial charge in [-0.15, -0.1) is 0 Å². The van der Waals surface area contributed by atoms with Gasteiger partial charge < -0.3 is 20.1 Å². The molecule has 0 radical (unpaired) electrons. The molecule has 0 aliphatic carbocycles. The van der Waals surface area contributed by atoms with Crippen LogP contribution in [0.4, 0.5) is 10.1 Å². The van der Waals surface area contributed by atoms with E-state index in [0.29, 0.717) is 17.3 Å². The molecule has 1 amide bonds. The number of benzene rings is 1. The van der Waals surface area contributed by atoms with E-state index in [1.165, 1.54) is 12.1 Å². The summed E-state index contributed by atoms with van der Waals surface area (Å²) < 4.78 is 15.3. The van der Waals surface area contributed by atoms with E-state index in [9.17, 15) is 9.18 Å². The van der Waals surface area contributed by atoms with Crippen LogP contribution >= 0.6 is 12.2 Å². The third-order valence-corrected chi connectivity index (χ3v) is 6.09. The van der Waals surface area contributed by atoms with Crippen molar-refractivity contribution in [2.24, 2.45) is 0 Å². The first-order valence-corrected chi connectivity index (χ1v) is 11.3. The molecule has 1 fully saturated rings. The van der Waals surface area contributed by atoms with Gasteiger partial charge in [-0.2, -0.15) is 0 Å². The minimum atomic E-state index is -0.341. The molecule has 172 valence electrons. The number of nitrogens with zero attached hydrogens (tertiary/aromatic N) is 3. The standard InChI is InChI=1S/C25H28FN5OS/c1-25(2,3)30-14-11-17(16-30)23-22(20-6-4-5-13-27-20)29-24(33)31(23)15-12-21(32)28-19-9-7-18(26)8-10-19/h4-11,13-14,16,22-23H,12,15H2,1-3H3,(H,28,32)(H,29,33)/t22-,23+/m1/s1. The van der Waals surface area contributed by atoms with Crippen LogP contribution in [0.3, 0.4) is 0 Å². The molecule has 1 aliphatic rings. The first-order valence-electron chi connectivity index (χ1n) is 10.9. The SMILES string of the molecule is CC(C)(C)n1ccc([C@H]2[C@@H](c3ccccn3)NC(=S)N2CCC(=O)Nc2ccc(F)cc2)c1. The largest absolute Gasteiger partial charge is 0.352 e. The summed E-state index contributed by atoms with van der Waals surface area (Å²) in [5.41, 5.74) is 2.51. The molecule has 33 heavy (non-hydrogen) atoms. The van der Waals surface area contributed by atoms with Crippen LogP contribution in [0.2, 0.25) is 0 Å². The maximum atomic E-state index is 13.1. The maximum Gasteiger partial charge on any atom is 0.226 e. The second kappa shape index (κ2) is 9.31. The fourth-order valence-electron chi connectivity index (χ4n) is 3.99. The molecular weight excluding hydrogens is 437 g/mol. The third kappa shape index (κ3) is 5.22. The van der Waals surface area contributed by atoms with E-state index >= 15 is 0 Å². The molecule has 0 spiro atoms. The number of pyridine rings is 1. The Morgan fingerprint density at radius 3 is 2.58 bits per heavy atom. The van der Waals surface area contributed by atoms with E-state index in [2.05, 4.69) is 64.3 Å². The number of aromatic nitrogens is 2. The van der Waals surface area contributed by atoms with E-state index in [1.54, 1.807) is 18.3 Å². The Bertz CT molecular complexity index is 1120. The zero-order valence-electron chi connectivity index (χ0n) is 19.0. The van der Waals surface area contributed by atoms with Crippen LogP contribution in [0.5, 0.6) is 0 Å². The highest BCUT2D eigenvalue weighted by Gasteiger charge is 2.40. The van der Waals surface area contributed by atoms with Crippen molar-refractivity contribution in [3.63, 3.8) is 0 Å². The normalized spacial score (nSPS) is 18.3. The van der Waals surface area contributed by atoms with Crippen molar-refractivity contribution in [3.8, 4) is 0 Å². The van der Waals surface area contributed by atoms with Gasteiger partial charge in [0.2, 0.25) is 5.91 Å². The summed E-state index contributed by atoms with van der Waals surface area (Å²) >= 11 is 5.68. The van der Waals surface area contributed by atoms with Crippen LogP contribution in [0.15, 0.2) is 67.1 Å². The second-order valence-electron chi connectivity index (χ2n) is 9.15. The lowest BCUT2D eigenvalue weighted by atomic mass is 9.99. The van der Waals surface area contributed by atoms with Gasteiger partial charge in [0, 0.05) is 42.8 Å². The number of rotatable bonds is 6. The number of anilines is 1. The smallest absolute Gasteiger partial charge is 0.226 e. The summed E-state index contributed by atoms with van der Waals surface area (Å²) in [6.45, 7) is 6.90. The van der Waals surface area contributed by atoms with Crippen LogP contribution in [-0.4, -0.2) is 32.0 Å². The average Bonchev–Trinajstić information content (AvgIpc) is 3.39. The molecule has 0 unspecified atom stereocenters. The molecule has 1 saturated heterocycles. The fourth-order valence-corrected chi connectivity index (χ4v) is 4.33. The molecule has 3 heterocycles. The summed E-state index contributed by atoms with van der Waals surface area (Å²) in [5, 5.41) is 6.82. The Balaban J connectivity index is 1.55. The lowest BCUT2D eigenvalue weighted by Gasteiger charge is -2.27. The molecule has 3 aromatic rings.